The van der Waals surface area contributed by atoms with Crippen molar-refractivity contribution in [3.05, 3.63) is 12.7 Å². The number of nitrogens with one attached hydrogen (secondary N) is 1. The summed E-state index contributed by atoms with van der Waals surface area (Å²) >= 11 is 0. The highest BCUT2D eigenvalue weighted by Crippen LogP contribution is 2.09. The van der Waals surface area contributed by atoms with Crippen LogP contribution < -0.4 is 10.1 Å². The molecule has 0 saturated heterocycles. The fourth-order valence-electron chi connectivity index (χ4n) is 1.15. The van der Waals surface area contributed by atoms with Crippen LogP contribution in [-0.2, 0) is 4.74 Å². The maximum absolute atomic E-state index is 5.34. The van der Waals surface area contributed by atoms with Gasteiger partial charge in [0.2, 0.25) is 5.95 Å². The Balaban J connectivity index is 2.22. The van der Waals surface area contributed by atoms with Gasteiger partial charge in [0.1, 0.15) is 19.3 Å². The van der Waals surface area contributed by atoms with Crippen LogP contribution >= 0.6 is 0 Å². The first kappa shape index (κ1) is 12.2. The third-order valence-corrected chi connectivity index (χ3v) is 1.97. The monoisotopic (exact) mass is 251 g/mol. The number of ether oxygens (including phenoxy) is 2. The van der Waals surface area contributed by atoms with Crippen molar-refractivity contribution in [1.29, 1.82) is 0 Å². The summed E-state index contributed by atoms with van der Waals surface area (Å²) in [6.07, 6.45) is 2.89. The Bertz CT molecular complexity index is 488. The Labute approximate surface area is 103 Å². The van der Waals surface area contributed by atoms with Crippen LogP contribution in [0.2, 0.25) is 0 Å². The van der Waals surface area contributed by atoms with Gasteiger partial charge in [-0.15, -0.1) is 0 Å². The standard InChI is InChI=1S/C9H13N7O2/c1-10-7-13-8(16-6-11-5-12-16)15-9(14-7)18-4-3-17-2/h5-6H,3-4H2,1-2H3,(H,10,13,14,15). The molecule has 9 heteroatoms. The number of hydrogen-bond donors (Lipinski definition) is 1. The van der Waals surface area contributed by atoms with Crippen molar-refractivity contribution in [2.45, 2.75) is 0 Å². The van der Waals surface area contributed by atoms with Crippen LogP contribution in [-0.4, -0.2) is 57.1 Å². The van der Waals surface area contributed by atoms with Crippen LogP contribution in [0.1, 0.15) is 0 Å². The Kier molecular flexibility index (Phi) is 3.97. The molecule has 2 aromatic heterocycles. The van der Waals surface area contributed by atoms with E-state index in [2.05, 4.69) is 30.4 Å². The molecular formula is C9H13N7O2. The van der Waals surface area contributed by atoms with Crippen LogP contribution in [0, 0.1) is 0 Å². The van der Waals surface area contributed by atoms with E-state index in [0.29, 0.717) is 25.1 Å². The minimum absolute atomic E-state index is 0.205. The van der Waals surface area contributed by atoms with Crippen LogP contribution in [0.3, 0.4) is 0 Å². The van der Waals surface area contributed by atoms with Crippen LogP contribution in [0.5, 0.6) is 6.01 Å². The van der Waals surface area contributed by atoms with Gasteiger partial charge in [0.05, 0.1) is 6.61 Å². The summed E-state index contributed by atoms with van der Waals surface area (Å²) in [7, 11) is 3.30. The van der Waals surface area contributed by atoms with Gasteiger partial charge >= 0.3 is 6.01 Å². The Hall–Kier alpha value is -2.29. The SMILES string of the molecule is CNc1nc(OCCOC)nc(-n2cncn2)n1. The Morgan fingerprint density at radius 1 is 1.28 bits per heavy atom. The highest BCUT2D eigenvalue weighted by atomic mass is 16.5. The predicted octanol–water partition coefficient (Wildman–Crippen LogP) is -0.481. The topological polar surface area (TPSA) is 99.9 Å². The van der Waals surface area contributed by atoms with Crippen molar-refractivity contribution in [3.8, 4) is 12.0 Å². The van der Waals surface area contributed by atoms with Gasteiger partial charge in [-0.2, -0.15) is 24.7 Å². The maximum Gasteiger partial charge on any atom is 0.323 e. The number of anilines is 1. The zero-order valence-corrected chi connectivity index (χ0v) is 10.1. The summed E-state index contributed by atoms with van der Waals surface area (Å²) in [5.41, 5.74) is 0. The molecule has 18 heavy (non-hydrogen) atoms. The summed E-state index contributed by atoms with van der Waals surface area (Å²) in [6.45, 7) is 0.819. The molecule has 0 fully saturated rings. The lowest BCUT2D eigenvalue weighted by Gasteiger charge is -2.07. The summed E-state index contributed by atoms with van der Waals surface area (Å²) in [5, 5.41) is 6.77. The normalized spacial score (nSPS) is 10.3. The second-order valence-electron chi connectivity index (χ2n) is 3.17. The number of rotatable bonds is 6. The van der Waals surface area contributed by atoms with E-state index in [1.54, 1.807) is 14.2 Å². The highest BCUT2D eigenvalue weighted by molar-refractivity contribution is 5.28. The van der Waals surface area contributed by atoms with E-state index in [-0.39, 0.29) is 6.01 Å². The summed E-state index contributed by atoms with van der Waals surface area (Å²) < 4.78 is 11.6. The second-order valence-corrected chi connectivity index (χ2v) is 3.17. The first-order valence-corrected chi connectivity index (χ1v) is 5.24. The van der Waals surface area contributed by atoms with Gasteiger partial charge in [-0.05, 0) is 0 Å². The minimum atomic E-state index is 0.205. The summed E-state index contributed by atoms with van der Waals surface area (Å²) in [5.74, 6) is 0.724. The number of aromatic nitrogens is 6. The lowest BCUT2D eigenvalue weighted by molar-refractivity contribution is 0.140. The quantitative estimate of drug-likeness (QED) is 0.687. The average molecular weight is 251 g/mol. The first-order valence-electron chi connectivity index (χ1n) is 5.24. The molecule has 0 aliphatic rings. The van der Waals surface area contributed by atoms with Crippen LogP contribution in [0.25, 0.3) is 5.95 Å². The van der Waals surface area contributed by atoms with Gasteiger partial charge < -0.3 is 14.8 Å². The fraction of sp³-hybridized carbons (Fsp3) is 0.444. The average Bonchev–Trinajstić information content (AvgIpc) is 2.92. The molecule has 2 rings (SSSR count). The van der Waals surface area contributed by atoms with E-state index in [1.165, 1.54) is 17.3 Å². The smallest absolute Gasteiger partial charge is 0.323 e. The van der Waals surface area contributed by atoms with E-state index in [1.807, 2.05) is 0 Å². The van der Waals surface area contributed by atoms with Crippen molar-refractivity contribution in [1.82, 2.24) is 29.7 Å². The first-order chi connectivity index (χ1) is 8.83. The Morgan fingerprint density at radius 2 is 2.17 bits per heavy atom. The van der Waals surface area contributed by atoms with E-state index >= 15 is 0 Å². The molecule has 9 nitrogen and oxygen atoms in total. The van der Waals surface area contributed by atoms with Crippen molar-refractivity contribution in [2.24, 2.45) is 0 Å². The molecule has 1 N–H and O–H groups in total. The van der Waals surface area contributed by atoms with Crippen LogP contribution in [0.4, 0.5) is 5.95 Å². The fourth-order valence-corrected chi connectivity index (χ4v) is 1.15. The molecule has 2 heterocycles. The third kappa shape index (κ3) is 2.88. The van der Waals surface area contributed by atoms with Gasteiger partial charge in [0.25, 0.3) is 5.95 Å². The van der Waals surface area contributed by atoms with Gasteiger partial charge in [-0.1, -0.05) is 0 Å². The highest BCUT2D eigenvalue weighted by Gasteiger charge is 2.08. The third-order valence-electron chi connectivity index (χ3n) is 1.97. The molecule has 96 valence electrons. The molecule has 0 aromatic carbocycles. The largest absolute Gasteiger partial charge is 0.461 e. The molecule has 0 spiro atoms. The van der Waals surface area contributed by atoms with E-state index < -0.39 is 0 Å². The number of methoxy groups -OCH3 is 1. The van der Waals surface area contributed by atoms with Crippen molar-refractivity contribution in [2.75, 3.05) is 32.7 Å². The van der Waals surface area contributed by atoms with Gasteiger partial charge in [0.15, 0.2) is 0 Å². The predicted molar refractivity (Wildman–Crippen MR) is 61.7 cm³/mol. The molecule has 0 radical (unpaired) electrons. The van der Waals surface area contributed by atoms with Gasteiger partial charge in [0, 0.05) is 14.2 Å². The maximum atomic E-state index is 5.34. The molecule has 0 saturated carbocycles. The zero-order chi connectivity index (χ0) is 12.8. The molecule has 0 atom stereocenters. The summed E-state index contributed by atoms with van der Waals surface area (Å²) in [6, 6.07) is 0.205. The number of hydrogen-bond acceptors (Lipinski definition) is 8. The molecular weight excluding hydrogens is 238 g/mol. The molecule has 0 amide bonds. The molecule has 0 aliphatic carbocycles. The van der Waals surface area contributed by atoms with Crippen molar-refractivity contribution in [3.63, 3.8) is 0 Å². The van der Waals surface area contributed by atoms with Gasteiger partial charge in [-0.25, -0.2) is 4.98 Å². The van der Waals surface area contributed by atoms with Crippen molar-refractivity contribution >= 4 is 5.95 Å². The number of nitrogens with zero attached hydrogens (tertiary/aromatic N) is 6. The molecule has 0 bridgehead atoms. The molecule has 2 aromatic rings. The Morgan fingerprint density at radius 3 is 2.83 bits per heavy atom. The van der Waals surface area contributed by atoms with E-state index in [9.17, 15) is 0 Å². The molecule has 0 aliphatic heterocycles. The minimum Gasteiger partial charge on any atom is -0.461 e. The van der Waals surface area contributed by atoms with Crippen LogP contribution in [0.15, 0.2) is 12.7 Å². The molecule has 0 unspecified atom stereocenters. The summed E-state index contributed by atoms with van der Waals surface area (Å²) in [4.78, 5) is 16.1. The van der Waals surface area contributed by atoms with Gasteiger partial charge in [-0.3, -0.25) is 0 Å². The zero-order valence-electron chi connectivity index (χ0n) is 10.1. The van der Waals surface area contributed by atoms with Crippen molar-refractivity contribution < 1.29 is 9.47 Å². The van der Waals surface area contributed by atoms with E-state index in [4.69, 9.17) is 9.47 Å². The lowest BCUT2D eigenvalue weighted by atomic mass is 10.7. The lowest BCUT2D eigenvalue weighted by Crippen LogP contribution is -2.12. The van der Waals surface area contributed by atoms with E-state index in [0.717, 1.165) is 0 Å². The second kappa shape index (κ2) is 5.87.